The number of methoxy groups -OCH3 is 1. The first-order valence-corrected chi connectivity index (χ1v) is 7.27. The number of carbonyl (C=O) groups excluding carboxylic acids is 1. The van der Waals surface area contributed by atoms with Crippen molar-refractivity contribution in [3.63, 3.8) is 0 Å². The van der Waals surface area contributed by atoms with Gasteiger partial charge in [0, 0.05) is 22.7 Å². The summed E-state index contributed by atoms with van der Waals surface area (Å²) >= 11 is 7.31. The highest BCUT2D eigenvalue weighted by Crippen LogP contribution is 2.20. The average molecular weight is 311 g/mol. The fourth-order valence-electron chi connectivity index (χ4n) is 1.72. The maximum atomic E-state index is 12.0. The van der Waals surface area contributed by atoms with Crippen LogP contribution in [0.15, 0.2) is 24.3 Å². The molecule has 0 spiro atoms. The molecule has 0 radical (unpaired) electrons. The predicted octanol–water partition coefficient (Wildman–Crippen LogP) is 3.43. The molecule has 0 aliphatic heterocycles. The molecular formula is C14H15ClN2O2S. The molecule has 4 nitrogen and oxygen atoms in total. The van der Waals surface area contributed by atoms with E-state index in [9.17, 15) is 4.79 Å². The number of rotatable bonds is 5. The molecule has 1 aromatic heterocycles. The molecule has 0 aliphatic carbocycles. The minimum Gasteiger partial charge on any atom is -0.378 e. The number of carbonyl (C=O) groups is 1. The van der Waals surface area contributed by atoms with Crippen molar-refractivity contribution in [1.82, 2.24) is 4.98 Å². The standard InChI is InChI=1S/C14H15ClN2O2S/c1-9-12(20-14(16-9)8-19-2)7-13(18)17-11-5-3-10(15)4-6-11/h3-6H,7-8H2,1-2H3,(H,17,18). The summed E-state index contributed by atoms with van der Waals surface area (Å²) in [4.78, 5) is 17.3. The van der Waals surface area contributed by atoms with Gasteiger partial charge in [0.05, 0.1) is 18.7 Å². The minimum absolute atomic E-state index is 0.0666. The summed E-state index contributed by atoms with van der Waals surface area (Å²) in [5.41, 5.74) is 1.62. The van der Waals surface area contributed by atoms with Crippen LogP contribution >= 0.6 is 22.9 Å². The van der Waals surface area contributed by atoms with Crippen LogP contribution < -0.4 is 5.32 Å². The molecule has 106 valence electrons. The van der Waals surface area contributed by atoms with E-state index < -0.39 is 0 Å². The smallest absolute Gasteiger partial charge is 0.229 e. The summed E-state index contributed by atoms with van der Waals surface area (Å²) in [6.45, 7) is 2.38. The maximum absolute atomic E-state index is 12.0. The molecule has 6 heteroatoms. The summed E-state index contributed by atoms with van der Waals surface area (Å²) in [5.74, 6) is -0.0666. The van der Waals surface area contributed by atoms with Gasteiger partial charge in [-0.2, -0.15) is 0 Å². The van der Waals surface area contributed by atoms with Gasteiger partial charge < -0.3 is 10.1 Å². The highest BCUT2D eigenvalue weighted by atomic mass is 35.5. The SMILES string of the molecule is COCc1nc(C)c(CC(=O)Nc2ccc(Cl)cc2)s1. The third-order valence-corrected chi connectivity index (χ3v) is 4.04. The third kappa shape index (κ3) is 4.03. The molecule has 1 N–H and O–H groups in total. The number of aromatic nitrogens is 1. The molecule has 2 aromatic rings. The van der Waals surface area contributed by atoms with Gasteiger partial charge in [0.2, 0.25) is 5.91 Å². The van der Waals surface area contributed by atoms with E-state index in [4.69, 9.17) is 16.3 Å². The molecule has 1 aromatic carbocycles. The molecule has 20 heavy (non-hydrogen) atoms. The van der Waals surface area contributed by atoms with Gasteiger partial charge in [-0.15, -0.1) is 11.3 Å². The van der Waals surface area contributed by atoms with Gasteiger partial charge in [-0.25, -0.2) is 4.98 Å². The largest absolute Gasteiger partial charge is 0.378 e. The number of aryl methyl sites for hydroxylation is 1. The van der Waals surface area contributed by atoms with E-state index >= 15 is 0 Å². The summed E-state index contributed by atoms with van der Waals surface area (Å²) in [6, 6.07) is 7.03. The van der Waals surface area contributed by atoms with Crippen LogP contribution in [0.25, 0.3) is 0 Å². The zero-order chi connectivity index (χ0) is 14.5. The normalized spacial score (nSPS) is 10.6. The van der Waals surface area contributed by atoms with Gasteiger partial charge in [-0.3, -0.25) is 4.79 Å². The number of hydrogen-bond acceptors (Lipinski definition) is 4. The Morgan fingerprint density at radius 1 is 1.40 bits per heavy atom. The topological polar surface area (TPSA) is 51.2 Å². The van der Waals surface area contributed by atoms with E-state index in [0.29, 0.717) is 18.1 Å². The van der Waals surface area contributed by atoms with Crippen molar-refractivity contribution in [3.8, 4) is 0 Å². The Kier molecular flexibility index (Phi) is 5.11. The Morgan fingerprint density at radius 2 is 2.10 bits per heavy atom. The van der Waals surface area contributed by atoms with E-state index in [-0.39, 0.29) is 5.91 Å². The Bertz CT molecular complexity index is 596. The van der Waals surface area contributed by atoms with Gasteiger partial charge >= 0.3 is 0 Å². The number of halogens is 1. The van der Waals surface area contributed by atoms with Crippen LogP contribution in [0.4, 0.5) is 5.69 Å². The maximum Gasteiger partial charge on any atom is 0.229 e. The lowest BCUT2D eigenvalue weighted by molar-refractivity contribution is -0.115. The van der Waals surface area contributed by atoms with Crippen LogP contribution in [0.5, 0.6) is 0 Å². The molecular weight excluding hydrogens is 296 g/mol. The van der Waals surface area contributed by atoms with Crippen molar-refractivity contribution in [2.24, 2.45) is 0 Å². The second-order valence-electron chi connectivity index (χ2n) is 4.28. The van der Waals surface area contributed by atoms with Crippen molar-refractivity contribution in [1.29, 1.82) is 0 Å². The molecule has 0 bridgehead atoms. The lowest BCUT2D eigenvalue weighted by Gasteiger charge is -2.04. The Balaban J connectivity index is 1.99. The van der Waals surface area contributed by atoms with Gasteiger partial charge in [0.1, 0.15) is 5.01 Å². The van der Waals surface area contributed by atoms with Crippen LogP contribution in [-0.4, -0.2) is 18.0 Å². The predicted molar refractivity (Wildman–Crippen MR) is 81.3 cm³/mol. The Labute approximate surface area is 126 Å². The van der Waals surface area contributed by atoms with E-state index in [1.165, 1.54) is 11.3 Å². The number of hydrogen-bond donors (Lipinski definition) is 1. The molecule has 0 saturated carbocycles. The van der Waals surface area contributed by atoms with Crippen molar-refractivity contribution >= 4 is 34.5 Å². The minimum atomic E-state index is -0.0666. The fraction of sp³-hybridized carbons (Fsp3) is 0.286. The second-order valence-corrected chi connectivity index (χ2v) is 5.89. The van der Waals surface area contributed by atoms with Crippen LogP contribution in [0, 0.1) is 6.92 Å². The quantitative estimate of drug-likeness (QED) is 0.920. The van der Waals surface area contributed by atoms with Crippen LogP contribution in [0.3, 0.4) is 0 Å². The van der Waals surface area contributed by atoms with Crippen molar-refractivity contribution in [2.75, 3.05) is 12.4 Å². The number of ether oxygens (including phenoxy) is 1. The number of anilines is 1. The van der Waals surface area contributed by atoms with Crippen LogP contribution in [-0.2, 0) is 22.6 Å². The van der Waals surface area contributed by atoms with E-state index in [0.717, 1.165) is 21.3 Å². The van der Waals surface area contributed by atoms with Gasteiger partial charge in [0.25, 0.3) is 0 Å². The summed E-state index contributed by atoms with van der Waals surface area (Å²) in [5, 5.41) is 4.37. The number of nitrogens with zero attached hydrogens (tertiary/aromatic N) is 1. The zero-order valence-electron chi connectivity index (χ0n) is 11.3. The number of thiazole rings is 1. The van der Waals surface area contributed by atoms with Gasteiger partial charge in [-0.05, 0) is 31.2 Å². The molecule has 0 saturated heterocycles. The molecule has 2 rings (SSSR count). The second kappa shape index (κ2) is 6.83. The zero-order valence-corrected chi connectivity index (χ0v) is 12.8. The molecule has 0 aliphatic rings. The first kappa shape index (κ1) is 15.0. The number of nitrogens with one attached hydrogen (secondary N) is 1. The summed E-state index contributed by atoms with van der Waals surface area (Å²) in [6.07, 6.45) is 0.315. The Morgan fingerprint density at radius 3 is 2.75 bits per heavy atom. The summed E-state index contributed by atoms with van der Waals surface area (Å²) < 4.78 is 5.04. The van der Waals surface area contributed by atoms with Gasteiger partial charge in [0.15, 0.2) is 0 Å². The number of amides is 1. The van der Waals surface area contributed by atoms with Crippen LogP contribution in [0.1, 0.15) is 15.6 Å². The van der Waals surface area contributed by atoms with Gasteiger partial charge in [-0.1, -0.05) is 11.6 Å². The summed E-state index contributed by atoms with van der Waals surface area (Å²) in [7, 11) is 1.63. The van der Waals surface area contributed by atoms with E-state index in [1.54, 1.807) is 31.4 Å². The van der Waals surface area contributed by atoms with Crippen LogP contribution in [0.2, 0.25) is 5.02 Å². The third-order valence-electron chi connectivity index (χ3n) is 2.65. The molecule has 1 amide bonds. The highest BCUT2D eigenvalue weighted by molar-refractivity contribution is 7.11. The lowest BCUT2D eigenvalue weighted by Crippen LogP contribution is -2.14. The molecule has 0 atom stereocenters. The molecule has 0 fully saturated rings. The number of benzene rings is 1. The van der Waals surface area contributed by atoms with Crippen molar-refractivity contribution in [2.45, 2.75) is 20.0 Å². The van der Waals surface area contributed by atoms with Crippen molar-refractivity contribution < 1.29 is 9.53 Å². The highest BCUT2D eigenvalue weighted by Gasteiger charge is 2.12. The lowest BCUT2D eigenvalue weighted by atomic mass is 10.2. The fourth-order valence-corrected chi connectivity index (χ4v) is 2.89. The average Bonchev–Trinajstić information content (AvgIpc) is 2.73. The van der Waals surface area contributed by atoms with E-state index in [1.807, 2.05) is 6.92 Å². The first-order valence-electron chi connectivity index (χ1n) is 6.08. The molecule has 0 unspecified atom stereocenters. The molecule has 1 heterocycles. The van der Waals surface area contributed by atoms with Crippen molar-refractivity contribution in [3.05, 3.63) is 44.9 Å². The first-order chi connectivity index (χ1) is 9.58. The monoisotopic (exact) mass is 310 g/mol. The van der Waals surface area contributed by atoms with E-state index in [2.05, 4.69) is 10.3 Å². The Hall–Kier alpha value is -1.43.